The van der Waals surface area contributed by atoms with Crippen molar-refractivity contribution < 1.29 is 28.7 Å². The van der Waals surface area contributed by atoms with Gasteiger partial charge in [0.15, 0.2) is 0 Å². The van der Waals surface area contributed by atoms with E-state index < -0.39 is 29.7 Å². The van der Waals surface area contributed by atoms with E-state index >= 15 is 0 Å². The number of fused-ring (bicyclic) bond motifs is 1. The van der Waals surface area contributed by atoms with Gasteiger partial charge in [-0.25, -0.2) is 0 Å². The molecule has 0 aliphatic carbocycles. The zero-order chi connectivity index (χ0) is 21.6. The van der Waals surface area contributed by atoms with Crippen molar-refractivity contribution in [1.82, 2.24) is 10.2 Å². The fraction of sp³-hybridized carbons (Fsp3) is 0.450. The number of imide groups is 2. The fourth-order valence-electron chi connectivity index (χ4n) is 4.40. The Bertz CT molecular complexity index is 961. The molecule has 10 heteroatoms. The molecular formula is C20H22N4O6. The van der Waals surface area contributed by atoms with Crippen LogP contribution in [0.5, 0.6) is 0 Å². The van der Waals surface area contributed by atoms with Crippen LogP contribution in [0.1, 0.15) is 33.6 Å². The molecule has 3 aliphatic rings. The van der Waals surface area contributed by atoms with Crippen LogP contribution in [0.25, 0.3) is 0 Å². The Balaban J connectivity index is 1.59. The summed E-state index contributed by atoms with van der Waals surface area (Å²) >= 11 is 0. The van der Waals surface area contributed by atoms with E-state index in [1.54, 1.807) is 18.2 Å². The minimum absolute atomic E-state index is 0.0677. The number of hydrogen-bond acceptors (Lipinski definition) is 8. The van der Waals surface area contributed by atoms with Crippen LogP contribution in [0.3, 0.4) is 0 Å². The number of carbonyl (C=O) groups is 5. The summed E-state index contributed by atoms with van der Waals surface area (Å²) < 4.78 is 4.87. The maximum atomic E-state index is 13.0. The Kier molecular flexibility index (Phi) is 5.02. The molecule has 3 atom stereocenters. The number of nitrogens with one attached hydrogen (secondary N) is 1. The second kappa shape index (κ2) is 7.52. The number of hydrogen-bond donors (Lipinski definition) is 2. The lowest BCUT2D eigenvalue weighted by Gasteiger charge is -2.27. The molecular weight excluding hydrogens is 392 g/mol. The van der Waals surface area contributed by atoms with E-state index in [1.807, 2.05) is 4.90 Å². The van der Waals surface area contributed by atoms with Gasteiger partial charge in [-0.05, 0) is 31.2 Å². The van der Waals surface area contributed by atoms with Crippen LogP contribution in [0.15, 0.2) is 18.2 Å². The summed E-state index contributed by atoms with van der Waals surface area (Å²) in [6.07, 6.45) is 0.173. The van der Waals surface area contributed by atoms with Crippen LogP contribution in [0.4, 0.5) is 5.69 Å². The predicted molar refractivity (Wildman–Crippen MR) is 103 cm³/mol. The average Bonchev–Trinajstić information content (AvgIpc) is 3.28. The Morgan fingerprint density at radius 3 is 2.57 bits per heavy atom. The van der Waals surface area contributed by atoms with Crippen LogP contribution in [0, 0.1) is 11.8 Å². The van der Waals surface area contributed by atoms with E-state index in [1.165, 1.54) is 7.11 Å². The van der Waals surface area contributed by atoms with Gasteiger partial charge in [-0.15, -0.1) is 0 Å². The second-order valence-electron chi connectivity index (χ2n) is 7.71. The molecule has 1 aromatic carbocycles. The average molecular weight is 414 g/mol. The molecule has 1 unspecified atom stereocenters. The van der Waals surface area contributed by atoms with Crippen molar-refractivity contribution in [2.45, 2.75) is 18.9 Å². The Labute approximate surface area is 172 Å². The summed E-state index contributed by atoms with van der Waals surface area (Å²) in [5.41, 5.74) is 6.91. The summed E-state index contributed by atoms with van der Waals surface area (Å²) in [5, 5.41) is 2.17. The van der Waals surface area contributed by atoms with Crippen LogP contribution in [-0.4, -0.2) is 67.3 Å². The second-order valence-corrected chi connectivity index (χ2v) is 7.71. The fourth-order valence-corrected chi connectivity index (χ4v) is 4.40. The normalized spacial score (nSPS) is 26.1. The van der Waals surface area contributed by atoms with E-state index in [-0.39, 0.29) is 41.8 Å². The molecule has 3 aliphatic heterocycles. The predicted octanol–water partition coefficient (Wildman–Crippen LogP) is -0.728. The molecule has 0 spiro atoms. The summed E-state index contributed by atoms with van der Waals surface area (Å²) in [6.45, 7) is 1.24. The van der Waals surface area contributed by atoms with Crippen LogP contribution >= 0.6 is 0 Å². The summed E-state index contributed by atoms with van der Waals surface area (Å²) in [7, 11) is 1.34. The third-order valence-electron chi connectivity index (χ3n) is 6.04. The number of methoxy groups -OCH3 is 1. The number of carbonyl (C=O) groups excluding carboxylic acids is 5. The quantitative estimate of drug-likeness (QED) is 0.486. The molecule has 2 saturated heterocycles. The molecule has 0 aromatic heterocycles. The van der Waals surface area contributed by atoms with Gasteiger partial charge in [-0.2, -0.15) is 0 Å². The zero-order valence-electron chi connectivity index (χ0n) is 16.4. The van der Waals surface area contributed by atoms with E-state index in [4.69, 9.17) is 10.5 Å². The Morgan fingerprint density at radius 2 is 1.90 bits per heavy atom. The van der Waals surface area contributed by atoms with Gasteiger partial charge in [0.05, 0.1) is 24.2 Å². The highest BCUT2D eigenvalue weighted by Gasteiger charge is 2.45. The van der Waals surface area contributed by atoms with Gasteiger partial charge in [-0.3, -0.25) is 34.2 Å². The Morgan fingerprint density at radius 1 is 1.17 bits per heavy atom. The number of rotatable bonds is 4. The number of nitrogens with zero attached hydrogens (tertiary/aromatic N) is 2. The number of nitrogens with two attached hydrogens (primary N) is 1. The van der Waals surface area contributed by atoms with E-state index in [0.717, 1.165) is 4.90 Å². The van der Waals surface area contributed by atoms with Crippen LogP contribution < -0.4 is 16.0 Å². The van der Waals surface area contributed by atoms with Crippen molar-refractivity contribution >= 4 is 35.3 Å². The highest BCUT2D eigenvalue weighted by molar-refractivity contribution is 6.23. The highest BCUT2D eigenvalue weighted by atomic mass is 16.5. The lowest BCUT2D eigenvalue weighted by atomic mass is 9.97. The molecule has 0 radical (unpaired) electrons. The van der Waals surface area contributed by atoms with Gasteiger partial charge in [0, 0.05) is 31.1 Å². The van der Waals surface area contributed by atoms with Gasteiger partial charge in [0.25, 0.3) is 11.8 Å². The van der Waals surface area contributed by atoms with E-state index in [2.05, 4.69) is 5.32 Å². The summed E-state index contributed by atoms with van der Waals surface area (Å²) in [4.78, 5) is 64.2. The number of esters is 1. The van der Waals surface area contributed by atoms with Gasteiger partial charge in [0.2, 0.25) is 11.8 Å². The first-order valence-electron chi connectivity index (χ1n) is 9.74. The largest absolute Gasteiger partial charge is 0.469 e. The van der Waals surface area contributed by atoms with E-state index in [0.29, 0.717) is 25.3 Å². The smallest absolute Gasteiger partial charge is 0.310 e. The minimum Gasteiger partial charge on any atom is -0.469 e. The molecule has 3 heterocycles. The number of piperidine rings is 1. The zero-order valence-corrected chi connectivity index (χ0v) is 16.4. The standard InChI is InChI=1S/C20H22N4O6/c1-30-20(29)14-9-23(8-10(14)7-21)11-2-3-12-13(6-11)19(28)24(18(12)27)15-4-5-16(25)22-17(15)26/h2-3,6,10,14-15H,4-5,7-9,21H2,1H3,(H,22,25,26)/t10-,14+,15?/m0/s1. The van der Waals surface area contributed by atoms with Crippen molar-refractivity contribution in [2.75, 3.05) is 31.6 Å². The number of benzene rings is 1. The summed E-state index contributed by atoms with van der Waals surface area (Å²) in [5.74, 6) is -2.96. The molecule has 0 saturated carbocycles. The third-order valence-corrected chi connectivity index (χ3v) is 6.04. The highest BCUT2D eigenvalue weighted by Crippen LogP contribution is 2.34. The maximum Gasteiger partial charge on any atom is 0.310 e. The third kappa shape index (κ3) is 3.13. The SMILES string of the molecule is COC(=O)[C@@H]1CN(c2ccc3c(c2)C(=O)N(C2CCC(=O)NC2=O)C3=O)C[C@@H]1CN. The molecule has 1 aromatic rings. The summed E-state index contributed by atoms with van der Waals surface area (Å²) in [6, 6.07) is 3.87. The molecule has 2 fully saturated rings. The van der Waals surface area contributed by atoms with Gasteiger partial charge >= 0.3 is 5.97 Å². The maximum absolute atomic E-state index is 13.0. The van der Waals surface area contributed by atoms with Crippen molar-refractivity contribution in [3.63, 3.8) is 0 Å². The number of ether oxygens (including phenoxy) is 1. The van der Waals surface area contributed by atoms with Gasteiger partial charge in [-0.1, -0.05) is 0 Å². The van der Waals surface area contributed by atoms with Crippen molar-refractivity contribution in [3.8, 4) is 0 Å². The van der Waals surface area contributed by atoms with Crippen molar-refractivity contribution in [2.24, 2.45) is 17.6 Å². The molecule has 158 valence electrons. The first-order chi connectivity index (χ1) is 14.3. The molecule has 4 rings (SSSR count). The lowest BCUT2D eigenvalue weighted by Crippen LogP contribution is -2.54. The lowest BCUT2D eigenvalue weighted by molar-refractivity contribution is -0.146. The van der Waals surface area contributed by atoms with Crippen molar-refractivity contribution in [1.29, 1.82) is 0 Å². The molecule has 0 bridgehead atoms. The number of amides is 4. The number of anilines is 1. The minimum atomic E-state index is -1.00. The topological polar surface area (TPSA) is 139 Å². The van der Waals surface area contributed by atoms with E-state index in [9.17, 15) is 24.0 Å². The van der Waals surface area contributed by atoms with Crippen LogP contribution in [-0.2, 0) is 19.1 Å². The van der Waals surface area contributed by atoms with Gasteiger partial charge in [0.1, 0.15) is 6.04 Å². The van der Waals surface area contributed by atoms with Crippen molar-refractivity contribution in [3.05, 3.63) is 29.3 Å². The first-order valence-corrected chi connectivity index (χ1v) is 9.74. The van der Waals surface area contributed by atoms with Crippen LogP contribution in [0.2, 0.25) is 0 Å². The molecule has 30 heavy (non-hydrogen) atoms. The Hall–Kier alpha value is -3.27. The first kappa shape index (κ1) is 20.0. The molecule has 3 N–H and O–H groups in total. The molecule has 10 nitrogen and oxygen atoms in total. The molecule has 4 amide bonds. The monoisotopic (exact) mass is 414 g/mol. The van der Waals surface area contributed by atoms with Gasteiger partial charge < -0.3 is 15.4 Å².